The molecule has 0 bridgehead atoms. The standard InChI is InChI=1S/C28H25F3N4O2/c29-21-2-4-24(5-3-21)33-13-20-14-34(27(37)8-18-1-6-26(36)19(7-18)12-32)15-28(20)16-35(17-28)25-10-22(30)9-23(31)11-25/h1-7,9-11,20,33,36H,8,13-17H2. The van der Waals surface area contributed by atoms with E-state index in [-0.39, 0.29) is 40.8 Å². The van der Waals surface area contributed by atoms with Crippen molar-refractivity contribution in [3.8, 4) is 11.8 Å². The minimum Gasteiger partial charge on any atom is -0.507 e. The van der Waals surface area contributed by atoms with Crippen molar-refractivity contribution in [3.63, 3.8) is 0 Å². The summed E-state index contributed by atoms with van der Waals surface area (Å²) in [7, 11) is 0. The number of phenols is 1. The predicted octanol–water partition coefficient (Wildman–Crippen LogP) is 4.30. The topological polar surface area (TPSA) is 79.6 Å². The molecule has 6 nitrogen and oxygen atoms in total. The van der Waals surface area contributed by atoms with E-state index in [9.17, 15) is 23.1 Å². The minimum atomic E-state index is -0.640. The Hall–Kier alpha value is -4.19. The maximum Gasteiger partial charge on any atom is 0.227 e. The summed E-state index contributed by atoms with van der Waals surface area (Å²) in [4.78, 5) is 16.9. The average molecular weight is 507 g/mol. The molecule has 0 radical (unpaired) electrons. The lowest BCUT2D eigenvalue weighted by atomic mass is 9.71. The van der Waals surface area contributed by atoms with Gasteiger partial charge < -0.3 is 20.2 Å². The average Bonchev–Trinajstić information content (AvgIpc) is 3.23. The van der Waals surface area contributed by atoms with Crippen LogP contribution in [0.15, 0.2) is 60.7 Å². The molecule has 2 N–H and O–H groups in total. The Morgan fingerprint density at radius 3 is 2.38 bits per heavy atom. The molecule has 2 aliphatic heterocycles. The molecule has 3 aromatic rings. The zero-order chi connectivity index (χ0) is 26.2. The minimum absolute atomic E-state index is 0.0469. The highest BCUT2D eigenvalue weighted by molar-refractivity contribution is 5.79. The number of likely N-dealkylation sites (tertiary alicyclic amines) is 1. The third kappa shape index (κ3) is 5.05. The van der Waals surface area contributed by atoms with Gasteiger partial charge in [-0.15, -0.1) is 0 Å². The molecule has 190 valence electrons. The van der Waals surface area contributed by atoms with E-state index in [1.807, 2.05) is 11.0 Å². The molecule has 0 saturated carbocycles. The maximum atomic E-state index is 13.8. The van der Waals surface area contributed by atoms with Gasteiger partial charge in [-0.1, -0.05) is 6.07 Å². The van der Waals surface area contributed by atoms with Crippen molar-refractivity contribution in [2.45, 2.75) is 6.42 Å². The van der Waals surface area contributed by atoms with Gasteiger partial charge in [-0.3, -0.25) is 4.79 Å². The fourth-order valence-electron chi connectivity index (χ4n) is 5.36. The number of carbonyl (C=O) groups excluding carboxylic acids is 1. The van der Waals surface area contributed by atoms with Crippen molar-refractivity contribution in [1.29, 1.82) is 5.26 Å². The Morgan fingerprint density at radius 2 is 1.70 bits per heavy atom. The normalized spacial score (nSPS) is 17.9. The maximum absolute atomic E-state index is 13.8. The Balaban J connectivity index is 1.32. The number of anilines is 2. The number of halogens is 3. The molecule has 2 aliphatic rings. The molecule has 9 heteroatoms. The van der Waals surface area contributed by atoms with Crippen LogP contribution in [0.25, 0.3) is 0 Å². The van der Waals surface area contributed by atoms with Gasteiger partial charge in [0.25, 0.3) is 0 Å². The first-order valence-electron chi connectivity index (χ1n) is 11.9. The largest absolute Gasteiger partial charge is 0.507 e. The van der Waals surface area contributed by atoms with Crippen molar-refractivity contribution >= 4 is 17.3 Å². The number of phenolic OH excluding ortho intramolecular Hbond substituents is 1. The first-order chi connectivity index (χ1) is 17.7. The van der Waals surface area contributed by atoms with Gasteiger partial charge in [-0.05, 0) is 54.1 Å². The lowest BCUT2D eigenvalue weighted by molar-refractivity contribution is -0.130. The number of amides is 1. The molecule has 2 saturated heterocycles. The van der Waals surface area contributed by atoms with Gasteiger partial charge in [-0.25, -0.2) is 13.2 Å². The number of nitrogens with zero attached hydrogens (tertiary/aromatic N) is 3. The van der Waals surface area contributed by atoms with E-state index in [4.69, 9.17) is 5.26 Å². The summed E-state index contributed by atoms with van der Waals surface area (Å²) in [5, 5.41) is 22.2. The first-order valence-corrected chi connectivity index (χ1v) is 11.9. The number of rotatable bonds is 6. The number of hydrogen-bond donors (Lipinski definition) is 2. The van der Waals surface area contributed by atoms with Crippen molar-refractivity contribution < 1.29 is 23.1 Å². The van der Waals surface area contributed by atoms with Crippen LogP contribution in [-0.2, 0) is 11.2 Å². The van der Waals surface area contributed by atoms with Crippen LogP contribution in [0.1, 0.15) is 11.1 Å². The fourth-order valence-corrected chi connectivity index (χ4v) is 5.36. The number of nitrogens with one attached hydrogen (secondary N) is 1. The molecule has 5 rings (SSSR count). The molecule has 2 heterocycles. The summed E-state index contributed by atoms with van der Waals surface area (Å²) in [5.41, 5.74) is 1.69. The lowest BCUT2D eigenvalue weighted by Gasteiger charge is -2.52. The zero-order valence-corrected chi connectivity index (χ0v) is 19.9. The molecule has 1 spiro atoms. The zero-order valence-electron chi connectivity index (χ0n) is 19.9. The van der Waals surface area contributed by atoms with Crippen LogP contribution in [0.5, 0.6) is 5.75 Å². The predicted molar refractivity (Wildman–Crippen MR) is 132 cm³/mol. The molecule has 1 amide bonds. The van der Waals surface area contributed by atoms with Crippen LogP contribution in [0.3, 0.4) is 0 Å². The monoisotopic (exact) mass is 506 g/mol. The van der Waals surface area contributed by atoms with E-state index >= 15 is 0 Å². The van der Waals surface area contributed by atoms with Gasteiger partial charge in [-0.2, -0.15) is 5.26 Å². The van der Waals surface area contributed by atoms with Gasteiger partial charge in [0, 0.05) is 61.5 Å². The Labute approximate surface area is 212 Å². The van der Waals surface area contributed by atoms with Gasteiger partial charge in [0.1, 0.15) is 29.3 Å². The van der Waals surface area contributed by atoms with E-state index in [0.717, 1.165) is 11.8 Å². The highest BCUT2D eigenvalue weighted by Crippen LogP contribution is 2.46. The molecule has 2 fully saturated rings. The molecule has 3 aromatic carbocycles. The quantitative estimate of drug-likeness (QED) is 0.521. The highest BCUT2D eigenvalue weighted by Gasteiger charge is 2.55. The molecule has 1 atom stereocenters. The molecular weight excluding hydrogens is 481 g/mol. The van der Waals surface area contributed by atoms with Crippen molar-refractivity contribution in [3.05, 3.63) is 89.2 Å². The number of benzene rings is 3. The van der Waals surface area contributed by atoms with Crippen molar-refractivity contribution in [1.82, 2.24) is 4.90 Å². The van der Waals surface area contributed by atoms with E-state index in [0.29, 0.717) is 44.0 Å². The van der Waals surface area contributed by atoms with Crippen LogP contribution in [-0.4, -0.2) is 48.6 Å². The summed E-state index contributed by atoms with van der Waals surface area (Å²) >= 11 is 0. The summed E-state index contributed by atoms with van der Waals surface area (Å²) in [6.45, 7) is 2.58. The van der Waals surface area contributed by atoms with Crippen molar-refractivity contribution in [2.75, 3.05) is 42.9 Å². The third-order valence-corrected chi connectivity index (χ3v) is 7.32. The SMILES string of the molecule is N#Cc1cc(CC(=O)N2CC(CNc3ccc(F)cc3)C3(C2)CN(c2cc(F)cc(F)c2)C3)ccc1O. The number of nitriles is 1. The summed E-state index contributed by atoms with van der Waals surface area (Å²) in [5.74, 6) is -1.79. The lowest BCUT2D eigenvalue weighted by Crippen LogP contribution is -2.61. The van der Waals surface area contributed by atoms with Crippen LogP contribution in [0.2, 0.25) is 0 Å². The molecule has 37 heavy (non-hydrogen) atoms. The van der Waals surface area contributed by atoms with Crippen LogP contribution in [0.4, 0.5) is 24.5 Å². The number of hydrogen-bond acceptors (Lipinski definition) is 5. The smallest absolute Gasteiger partial charge is 0.227 e. The van der Waals surface area contributed by atoms with E-state index in [1.165, 1.54) is 36.4 Å². The summed E-state index contributed by atoms with van der Waals surface area (Å²) < 4.78 is 40.9. The first kappa shape index (κ1) is 24.5. The summed E-state index contributed by atoms with van der Waals surface area (Å²) in [6, 6.07) is 16.0. The van der Waals surface area contributed by atoms with Gasteiger partial charge in [0.05, 0.1) is 12.0 Å². The van der Waals surface area contributed by atoms with Gasteiger partial charge in [0.2, 0.25) is 5.91 Å². The van der Waals surface area contributed by atoms with E-state index in [1.54, 1.807) is 23.1 Å². The van der Waals surface area contributed by atoms with Crippen LogP contribution in [0, 0.1) is 40.1 Å². The van der Waals surface area contributed by atoms with Crippen LogP contribution >= 0.6 is 0 Å². The van der Waals surface area contributed by atoms with Crippen molar-refractivity contribution in [2.24, 2.45) is 11.3 Å². The fraction of sp³-hybridized carbons (Fsp3) is 0.286. The Morgan fingerprint density at radius 1 is 1.00 bits per heavy atom. The van der Waals surface area contributed by atoms with E-state index in [2.05, 4.69) is 5.32 Å². The molecular formula is C28H25F3N4O2. The highest BCUT2D eigenvalue weighted by atomic mass is 19.1. The van der Waals surface area contributed by atoms with Gasteiger partial charge >= 0.3 is 0 Å². The second kappa shape index (κ2) is 9.69. The molecule has 1 unspecified atom stereocenters. The number of carbonyl (C=O) groups is 1. The molecule has 0 aromatic heterocycles. The number of aromatic hydroxyl groups is 1. The third-order valence-electron chi connectivity index (χ3n) is 7.32. The molecule has 0 aliphatic carbocycles. The second-order valence-electron chi connectivity index (χ2n) is 9.85. The van der Waals surface area contributed by atoms with E-state index < -0.39 is 11.6 Å². The van der Waals surface area contributed by atoms with Crippen LogP contribution < -0.4 is 10.2 Å². The Kier molecular flexibility index (Phi) is 6.42. The summed E-state index contributed by atoms with van der Waals surface area (Å²) in [6.07, 6.45) is 0.0853. The second-order valence-corrected chi connectivity index (χ2v) is 9.85. The Bertz CT molecular complexity index is 1350. The van der Waals surface area contributed by atoms with Gasteiger partial charge in [0.15, 0.2) is 0 Å².